The number of aliphatic hydroxyl groups is 1. The minimum atomic E-state index is -0.766. The summed E-state index contributed by atoms with van der Waals surface area (Å²) >= 11 is 0. The van der Waals surface area contributed by atoms with Gasteiger partial charge < -0.3 is 24.2 Å². The van der Waals surface area contributed by atoms with Crippen LogP contribution in [0.5, 0.6) is 11.5 Å². The van der Waals surface area contributed by atoms with Crippen LogP contribution >= 0.6 is 0 Å². The first kappa shape index (κ1) is 27.6. The summed E-state index contributed by atoms with van der Waals surface area (Å²) in [6, 6.07) is 7.95. The number of hydrogen-bond acceptors (Lipinski definition) is 8. The van der Waals surface area contributed by atoms with Crippen LogP contribution in [0.4, 0.5) is 0 Å². The molecule has 1 aromatic heterocycles. The lowest BCUT2D eigenvalue weighted by atomic mass is 9.95. The highest BCUT2D eigenvalue weighted by atomic mass is 16.5. The number of pyridine rings is 1. The van der Waals surface area contributed by atoms with Crippen molar-refractivity contribution in [3.8, 4) is 11.5 Å². The molecular weight excluding hydrogens is 486 g/mol. The Morgan fingerprint density at radius 3 is 2.50 bits per heavy atom. The smallest absolute Gasteiger partial charge is 0.295 e. The van der Waals surface area contributed by atoms with Gasteiger partial charge in [0, 0.05) is 44.1 Å². The predicted octanol–water partition coefficient (Wildman–Crippen LogP) is 3.80. The number of ether oxygens (including phenoxy) is 3. The number of nitrogens with zero attached hydrogens (tertiary/aromatic N) is 3. The topological polar surface area (TPSA) is 101 Å². The number of rotatable bonds is 12. The van der Waals surface area contributed by atoms with Crippen LogP contribution in [0.25, 0.3) is 5.76 Å². The van der Waals surface area contributed by atoms with Gasteiger partial charge in [0.1, 0.15) is 5.76 Å². The lowest BCUT2D eigenvalue weighted by Gasteiger charge is -2.31. The van der Waals surface area contributed by atoms with Gasteiger partial charge >= 0.3 is 0 Å². The monoisotopic (exact) mass is 523 g/mol. The zero-order chi connectivity index (χ0) is 26.9. The molecule has 0 spiro atoms. The summed E-state index contributed by atoms with van der Waals surface area (Å²) in [7, 11) is 0. The Kier molecular flexibility index (Phi) is 9.73. The number of carbonyl (C=O) groups excluding carboxylic acids is 2. The number of aliphatic hydroxyl groups excluding tert-OH is 1. The van der Waals surface area contributed by atoms with E-state index in [0.29, 0.717) is 62.1 Å². The molecule has 9 heteroatoms. The molecule has 0 aliphatic carbocycles. The minimum absolute atomic E-state index is 0.0576. The van der Waals surface area contributed by atoms with Crippen LogP contribution < -0.4 is 9.47 Å². The van der Waals surface area contributed by atoms with E-state index < -0.39 is 17.7 Å². The summed E-state index contributed by atoms with van der Waals surface area (Å²) in [6.45, 7) is 8.79. The zero-order valence-corrected chi connectivity index (χ0v) is 22.2. The molecule has 1 N–H and O–H groups in total. The molecule has 38 heavy (non-hydrogen) atoms. The van der Waals surface area contributed by atoms with Crippen LogP contribution in [0.3, 0.4) is 0 Å². The van der Waals surface area contributed by atoms with Gasteiger partial charge in [-0.05, 0) is 43.2 Å². The summed E-state index contributed by atoms with van der Waals surface area (Å²) in [5.74, 6) is -0.390. The Labute approximate surface area is 224 Å². The minimum Gasteiger partial charge on any atom is -0.507 e. The number of morpholine rings is 1. The highest BCUT2D eigenvalue weighted by Crippen LogP contribution is 2.42. The van der Waals surface area contributed by atoms with Gasteiger partial charge in [-0.1, -0.05) is 25.8 Å². The molecule has 1 atom stereocenters. The molecule has 4 rings (SSSR count). The largest absolute Gasteiger partial charge is 0.507 e. The number of unbranched alkanes of at least 4 members (excludes halogenated alkanes) is 2. The average Bonchev–Trinajstić information content (AvgIpc) is 3.20. The van der Waals surface area contributed by atoms with E-state index in [-0.39, 0.29) is 11.3 Å². The summed E-state index contributed by atoms with van der Waals surface area (Å²) in [4.78, 5) is 34.4. The predicted molar refractivity (Wildman–Crippen MR) is 143 cm³/mol. The highest BCUT2D eigenvalue weighted by Gasteiger charge is 2.46. The van der Waals surface area contributed by atoms with Crippen LogP contribution in [0.2, 0.25) is 0 Å². The Morgan fingerprint density at radius 1 is 1.03 bits per heavy atom. The quantitative estimate of drug-likeness (QED) is 0.194. The molecule has 1 amide bonds. The molecule has 1 aromatic carbocycles. The molecule has 0 bridgehead atoms. The number of ketones is 1. The van der Waals surface area contributed by atoms with Crippen LogP contribution in [-0.4, -0.2) is 84.2 Å². The standard InChI is InChI=1S/C29H37N3O6/c1-3-5-6-17-38-23-8-7-22(20-24(23)37-4-2)26-25(27(33)21-9-11-30-12-10-21)28(34)29(35)32(26)14-13-31-15-18-36-19-16-31/h7-12,20,26,33H,3-6,13-19H2,1-2H3/b27-25+. The molecule has 3 heterocycles. The molecule has 0 saturated carbocycles. The van der Waals surface area contributed by atoms with Gasteiger partial charge in [0.25, 0.3) is 11.7 Å². The van der Waals surface area contributed by atoms with Gasteiger partial charge in [0.2, 0.25) is 0 Å². The van der Waals surface area contributed by atoms with Crippen LogP contribution in [-0.2, 0) is 14.3 Å². The maximum absolute atomic E-state index is 13.3. The van der Waals surface area contributed by atoms with Gasteiger partial charge in [-0.2, -0.15) is 0 Å². The molecule has 204 valence electrons. The van der Waals surface area contributed by atoms with Crippen molar-refractivity contribution in [1.82, 2.24) is 14.8 Å². The lowest BCUT2D eigenvalue weighted by molar-refractivity contribution is -0.140. The van der Waals surface area contributed by atoms with Crippen molar-refractivity contribution in [2.24, 2.45) is 0 Å². The second kappa shape index (κ2) is 13.4. The molecular formula is C29H37N3O6. The molecule has 2 fully saturated rings. The van der Waals surface area contributed by atoms with Crippen LogP contribution in [0.15, 0.2) is 48.3 Å². The average molecular weight is 524 g/mol. The van der Waals surface area contributed by atoms with E-state index in [9.17, 15) is 14.7 Å². The van der Waals surface area contributed by atoms with Gasteiger partial charge in [-0.15, -0.1) is 0 Å². The number of Topliss-reactive ketones (excluding diaryl/α,β-unsaturated/α-hetero) is 1. The number of aromatic nitrogens is 1. The number of benzene rings is 1. The summed E-state index contributed by atoms with van der Waals surface area (Å²) in [5, 5.41) is 11.2. The molecule has 2 saturated heterocycles. The SMILES string of the molecule is CCCCCOc1ccc(C2/C(=C(\O)c3ccncc3)C(=O)C(=O)N2CCN2CCOCC2)cc1OCC. The maximum Gasteiger partial charge on any atom is 0.295 e. The number of likely N-dealkylation sites (tertiary alicyclic amines) is 1. The van der Waals surface area contributed by atoms with Crippen molar-refractivity contribution in [3.05, 3.63) is 59.4 Å². The van der Waals surface area contributed by atoms with E-state index in [0.717, 1.165) is 32.4 Å². The van der Waals surface area contributed by atoms with E-state index in [1.807, 2.05) is 25.1 Å². The molecule has 9 nitrogen and oxygen atoms in total. The number of carbonyl (C=O) groups is 2. The van der Waals surface area contributed by atoms with Gasteiger partial charge in [0.15, 0.2) is 11.5 Å². The van der Waals surface area contributed by atoms with Crippen molar-refractivity contribution in [1.29, 1.82) is 0 Å². The number of hydrogen-bond donors (Lipinski definition) is 1. The lowest BCUT2D eigenvalue weighted by Crippen LogP contribution is -2.42. The van der Waals surface area contributed by atoms with Crippen molar-refractivity contribution in [3.63, 3.8) is 0 Å². The van der Waals surface area contributed by atoms with E-state index in [2.05, 4.69) is 16.8 Å². The zero-order valence-electron chi connectivity index (χ0n) is 22.2. The molecule has 0 radical (unpaired) electrons. The summed E-state index contributed by atoms with van der Waals surface area (Å²) in [5.41, 5.74) is 1.16. The molecule has 2 aliphatic rings. The number of amides is 1. The fraction of sp³-hybridized carbons (Fsp3) is 0.483. The third kappa shape index (κ3) is 6.34. The first-order valence-corrected chi connectivity index (χ1v) is 13.4. The van der Waals surface area contributed by atoms with Crippen molar-refractivity contribution < 1.29 is 28.9 Å². The van der Waals surface area contributed by atoms with Crippen LogP contribution in [0.1, 0.15) is 50.3 Å². The Morgan fingerprint density at radius 2 is 1.79 bits per heavy atom. The van der Waals surface area contributed by atoms with Crippen LogP contribution in [0, 0.1) is 0 Å². The second-order valence-electron chi connectivity index (χ2n) is 9.38. The third-order valence-electron chi connectivity index (χ3n) is 6.84. The first-order chi connectivity index (χ1) is 18.5. The normalized spacial score (nSPS) is 19.6. The fourth-order valence-electron chi connectivity index (χ4n) is 4.81. The molecule has 1 unspecified atom stereocenters. The summed E-state index contributed by atoms with van der Waals surface area (Å²) < 4.78 is 17.3. The van der Waals surface area contributed by atoms with Crippen molar-refractivity contribution >= 4 is 17.4 Å². The van der Waals surface area contributed by atoms with E-state index in [1.165, 1.54) is 12.4 Å². The summed E-state index contributed by atoms with van der Waals surface area (Å²) in [6.07, 6.45) is 6.19. The van der Waals surface area contributed by atoms with E-state index in [4.69, 9.17) is 14.2 Å². The van der Waals surface area contributed by atoms with Gasteiger partial charge in [-0.25, -0.2) is 0 Å². The molecule has 2 aromatic rings. The fourth-order valence-corrected chi connectivity index (χ4v) is 4.81. The second-order valence-corrected chi connectivity index (χ2v) is 9.38. The Bertz CT molecular complexity index is 1130. The van der Waals surface area contributed by atoms with Crippen molar-refractivity contribution in [2.45, 2.75) is 39.2 Å². The van der Waals surface area contributed by atoms with Gasteiger partial charge in [-0.3, -0.25) is 19.5 Å². The third-order valence-corrected chi connectivity index (χ3v) is 6.84. The van der Waals surface area contributed by atoms with E-state index >= 15 is 0 Å². The Hall–Kier alpha value is -3.43. The maximum atomic E-state index is 13.3. The Balaban J connectivity index is 1.71. The van der Waals surface area contributed by atoms with Crippen molar-refractivity contribution in [2.75, 3.05) is 52.6 Å². The molecule has 2 aliphatic heterocycles. The van der Waals surface area contributed by atoms with Gasteiger partial charge in [0.05, 0.1) is 38.0 Å². The highest BCUT2D eigenvalue weighted by molar-refractivity contribution is 6.46. The van der Waals surface area contributed by atoms with E-state index in [1.54, 1.807) is 17.0 Å². The first-order valence-electron chi connectivity index (χ1n) is 13.4.